The Morgan fingerprint density at radius 1 is 1.37 bits per heavy atom. The minimum atomic E-state index is 0.653. The van der Waals surface area contributed by atoms with Gasteiger partial charge in [-0.15, -0.1) is 5.10 Å². The molecule has 0 atom stereocenters. The highest BCUT2D eigenvalue weighted by Crippen LogP contribution is 2.00. The zero-order valence-electron chi connectivity index (χ0n) is 11.6. The largest absolute Gasteiger partial charge is 0.311 e. The number of nitrogens with zero attached hydrogens (tertiary/aromatic N) is 4. The molecule has 2 heterocycles. The molecule has 0 amide bonds. The van der Waals surface area contributed by atoms with Gasteiger partial charge in [-0.2, -0.15) is 0 Å². The number of rotatable bonds is 7. The highest BCUT2D eigenvalue weighted by Gasteiger charge is 2.01. The number of pyridine rings is 1. The van der Waals surface area contributed by atoms with Gasteiger partial charge in [0.1, 0.15) is 0 Å². The molecule has 0 fully saturated rings. The minimum absolute atomic E-state index is 0.653. The molecule has 2 aromatic heterocycles. The SMILES string of the molecule is CC(C)CNCc1cn(CCc2cccnc2)nn1. The van der Waals surface area contributed by atoms with Gasteiger partial charge in [0.25, 0.3) is 0 Å². The molecule has 19 heavy (non-hydrogen) atoms. The molecule has 1 N–H and O–H groups in total. The average molecular weight is 259 g/mol. The Bertz CT molecular complexity index is 478. The summed E-state index contributed by atoms with van der Waals surface area (Å²) in [5, 5.41) is 11.7. The Morgan fingerprint density at radius 2 is 2.26 bits per heavy atom. The Balaban J connectivity index is 1.77. The van der Waals surface area contributed by atoms with E-state index in [0.717, 1.165) is 31.7 Å². The zero-order chi connectivity index (χ0) is 13.5. The smallest absolute Gasteiger partial charge is 0.0964 e. The van der Waals surface area contributed by atoms with Gasteiger partial charge in [-0.25, -0.2) is 0 Å². The summed E-state index contributed by atoms with van der Waals surface area (Å²) >= 11 is 0. The zero-order valence-corrected chi connectivity index (χ0v) is 11.6. The van der Waals surface area contributed by atoms with E-state index < -0.39 is 0 Å². The number of nitrogens with one attached hydrogen (secondary N) is 1. The second-order valence-electron chi connectivity index (χ2n) is 5.11. The van der Waals surface area contributed by atoms with E-state index in [0.29, 0.717) is 5.92 Å². The third-order valence-corrected chi connectivity index (χ3v) is 2.80. The third-order valence-electron chi connectivity index (χ3n) is 2.80. The van der Waals surface area contributed by atoms with Crippen molar-refractivity contribution >= 4 is 0 Å². The van der Waals surface area contributed by atoms with Crippen LogP contribution < -0.4 is 5.32 Å². The fourth-order valence-electron chi connectivity index (χ4n) is 1.81. The van der Waals surface area contributed by atoms with E-state index in [1.807, 2.05) is 23.1 Å². The van der Waals surface area contributed by atoms with E-state index in [1.165, 1.54) is 5.56 Å². The first-order chi connectivity index (χ1) is 9.24. The van der Waals surface area contributed by atoms with E-state index >= 15 is 0 Å². The quantitative estimate of drug-likeness (QED) is 0.821. The highest BCUT2D eigenvalue weighted by atomic mass is 15.4. The molecule has 0 aromatic carbocycles. The van der Waals surface area contributed by atoms with Crippen molar-refractivity contribution in [1.29, 1.82) is 0 Å². The first-order valence-corrected chi connectivity index (χ1v) is 6.72. The second kappa shape index (κ2) is 6.99. The normalized spacial score (nSPS) is 11.1. The van der Waals surface area contributed by atoms with Gasteiger partial charge in [-0.3, -0.25) is 9.67 Å². The summed E-state index contributed by atoms with van der Waals surface area (Å²) in [6.45, 7) is 7.01. The molecule has 0 saturated carbocycles. The van der Waals surface area contributed by atoms with Crippen LogP contribution in [0.2, 0.25) is 0 Å². The van der Waals surface area contributed by atoms with Crippen LogP contribution in [-0.2, 0) is 19.5 Å². The van der Waals surface area contributed by atoms with E-state index in [4.69, 9.17) is 0 Å². The lowest BCUT2D eigenvalue weighted by Crippen LogP contribution is -2.19. The summed E-state index contributed by atoms with van der Waals surface area (Å²) in [5.74, 6) is 0.653. The molecule has 102 valence electrons. The number of hydrogen-bond acceptors (Lipinski definition) is 4. The molecule has 0 aliphatic rings. The van der Waals surface area contributed by atoms with E-state index in [1.54, 1.807) is 6.20 Å². The Morgan fingerprint density at radius 3 is 3.00 bits per heavy atom. The van der Waals surface area contributed by atoms with Crippen LogP contribution in [0.3, 0.4) is 0 Å². The Hall–Kier alpha value is -1.75. The van der Waals surface area contributed by atoms with E-state index in [-0.39, 0.29) is 0 Å². The van der Waals surface area contributed by atoms with Crippen LogP contribution in [0.4, 0.5) is 0 Å². The molecule has 0 spiro atoms. The lowest BCUT2D eigenvalue weighted by Gasteiger charge is -2.04. The maximum atomic E-state index is 4.16. The molecule has 2 rings (SSSR count). The van der Waals surface area contributed by atoms with Gasteiger partial charge in [0.15, 0.2) is 0 Å². The number of hydrogen-bond donors (Lipinski definition) is 1. The summed E-state index contributed by atoms with van der Waals surface area (Å²) < 4.78 is 1.89. The Labute approximate surface area is 114 Å². The van der Waals surface area contributed by atoms with Crippen LogP contribution in [0, 0.1) is 5.92 Å². The molecular formula is C14H21N5. The standard InChI is InChI=1S/C14H21N5/c1-12(2)8-16-10-14-11-19(18-17-14)7-5-13-4-3-6-15-9-13/h3-4,6,9,11-12,16H,5,7-8,10H2,1-2H3. The van der Waals surface area contributed by atoms with Crippen molar-refractivity contribution in [2.24, 2.45) is 5.92 Å². The lowest BCUT2D eigenvalue weighted by atomic mass is 10.2. The molecule has 5 nitrogen and oxygen atoms in total. The van der Waals surface area contributed by atoms with Gasteiger partial charge in [0.05, 0.1) is 5.69 Å². The fourth-order valence-corrected chi connectivity index (χ4v) is 1.81. The van der Waals surface area contributed by atoms with Crippen molar-refractivity contribution in [1.82, 2.24) is 25.3 Å². The van der Waals surface area contributed by atoms with Crippen LogP contribution in [0.15, 0.2) is 30.7 Å². The van der Waals surface area contributed by atoms with Crippen LogP contribution >= 0.6 is 0 Å². The van der Waals surface area contributed by atoms with Crippen molar-refractivity contribution in [3.05, 3.63) is 42.0 Å². The summed E-state index contributed by atoms with van der Waals surface area (Å²) in [4.78, 5) is 4.10. The van der Waals surface area contributed by atoms with Crippen LogP contribution in [0.1, 0.15) is 25.1 Å². The summed E-state index contributed by atoms with van der Waals surface area (Å²) in [5.41, 5.74) is 2.21. The lowest BCUT2D eigenvalue weighted by molar-refractivity contribution is 0.547. The first kappa shape index (κ1) is 13.7. The van der Waals surface area contributed by atoms with Gasteiger partial charge in [0.2, 0.25) is 0 Å². The van der Waals surface area contributed by atoms with E-state index in [9.17, 15) is 0 Å². The molecule has 0 aliphatic carbocycles. The minimum Gasteiger partial charge on any atom is -0.311 e. The predicted octanol–water partition coefficient (Wildman–Crippen LogP) is 1.66. The summed E-state index contributed by atoms with van der Waals surface area (Å²) in [7, 11) is 0. The molecule has 0 unspecified atom stereocenters. The van der Waals surface area contributed by atoms with Gasteiger partial charge in [-0.1, -0.05) is 25.1 Å². The van der Waals surface area contributed by atoms with Gasteiger partial charge in [0, 0.05) is 31.7 Å². The van der Waals surface area contributed by atoms with Crippen molar-refractivity contribution < 1.29 is 0 Å². The topological polar surface area (TPSA) is 55.6 Å². The average Bonchev–Trinajstić information content (AvgIpc) is 2.85. The summed E-state index contributed by atoms with van der Waals surface area (Å²) in [6.07, 6.45) is 6.61. The van der Waals surface area contributed by atoms with Crippen LogP contribution in [0.25, 0.3) is 0 Å². The molecule has 0 aliphatic heterocycles. The molecular weight excluding hydrogens is 238 g/mol. The van der Waals surface area contributed by atoms with Crippen LogP contribution in [0.5, 0.6) is 0 Å². The third kappa shape index (κ3) is 4.79. The molecule has 2 aromatic rings. The first-order valence-electron chi connectivity index (χ1n) is 6.72. The summed E-state index contributed by atoms with van der Waals surface area (Å²) in [6, 6.07) is 4.03. The highest BCUT2D eigenvalue weighted by molar-refractivity contribution is 5.08. The van der Waals surface area contributed by atoms with Crippen molar-refractivity contribution in [3.8, 4) is 0 Å². The van der Waals surface area contributed by atoms with Crippen LogP contribution in [-0.4, -0.2) is 26.5 Å². The monoisotopic (exact) mass is 259 g/mol. The van der Waals surface area contributed by atoms with Gasteiger partial charge in [-0.05, 0) is 30.5 Å². The maximum absolute atomic E-state index is 4.16. The van der Waals surface area contributed by atoms with Crippen molar-refractivity contribution in [3.63, 3.8) is 0 Å². The van der Waals surface area contributed by atoms with E-state index in [2.05, 4.69) is 40.5 Å². The van der Waals surface area contributed by atoms with Gasteiger partial charge < -0.3 is 5.32 Å². The molecule has 0 radical (unpaired) electrons. The molecule has 0 bridgehead atoms. The predicted molar refractivity (Wildman–Crippen MR) is 74.5 cm³/mol. The van der Waals surface area contributed by atoms with Gasteiger partial charge >= 0.3 is 0 Å². The molecule has 5 heteroatoms. The van der Waals surface area contributed by atoms with Crippen molar-refractivity contribution in [2.45, 2.75) is 33.4 Å². The fraction of sp³-hybridized carbons (Fsp3) is 0.500. The maximum Gasteiger partial charge on any atom is 0.0964 e. The number of aromatic nitrogens is 4. The molecule has 0 saturated heterocycles. The number of aryl methyl sites for hydroxylation is 2. The Kier molecular flexibility index (Phi) is 5.03. The van der Waals surface area contributed by atoms with Crippen molar-refractivity contribution in [2.75, 3.05) is 6.54 Å². The second-order valence-corrected chi connectivity index (χ2v) is 5.11.